The van der Waals surface area contributed by atoms with Crippen LogP contribution in [0.3, 0.4) is 0 Å². The summed E-state index contributed by atoms with van der Waals surface area (Å²) in [6.45, 7) is 7.55. The number of fused-ring (bicyclic) bond motifs is 1. The largest absolute Gasteiger partial charge is 0.496 e. The molecule has 0 spiro atoms. The molecule has 112 valence electrons. The number of hydrogen-bond acceptors (Lipinski definition) is 2. The minimum absolute atomic E-state index is 0.191. The van der Waals surface area contributed by atoms with Crippen molar-refractivity contribution >= 4 is 11.6 Å². The molecule has 0 bridgehead atoms. The van der Waals surface area contributed by atoms with Crippen LogP contribution in [0.1, 0.15) is 38.3 Å². The maximum absolute atomic E-state index is 6.23. The monoisotopic (exact) mass is 295 g/mol. The number of alkyl halides is 1. The molecule has 0 unspecified atom stereocenters. The van der Waals surface area contributed by atoms with Gasteiger partial charge in [-0.3, -0.25) is 4.90 Å². The summed E-state index contributed by atoms with van der Waals surface area (Å²) in [5.41, 5.74) is 2.84. The topological polar surface area (TPSA) is 12.5 Å². The molecule has 0 saturated heterocycles. The number of methoxy groups -OCH3 is 1. The predicted octanol–water partition coefficient (Wildman–Crippen LogP) is 3.89. The van der Waals surface area contributed by atoms with Gasteiger partial charge in [-0.1, -0.05) is 12.1 Å². The van der Waals surface area contributed by atoms with E-state index in [0.29, 0.717) is 12.1 Å². The van der Waals surface area contributed by atoms with Gasteiger partial charge in [0.1, 0.15) is 5.75 Å². The Labute approximate surface area is 128 Å². The van der Waals surface area contributed by atoms with Crippen LogP contribution >= 0.6 is 11.6 Å². The first-order valence-corrected chi connectivity index (χ1v) is 8.01. The van der Waals surface area contributed by atoms with Crippen molar-refractivity contribution in [3.05, 3.63) is 29.3 Å². The predicted molar refractivity (Wildman–Crippen MR) is 86.0 cm³/mol. The molecule has 0 heterocycles. The highest BCUT2D eigenvalue weighted by molar-refractivity contribution is 6.20. The molecule has 2 nitrogen and oxygen atoms in total. The van der Waals surface area contributed by atoms with E-state index in [0.717, 1.165) is 25.1 Å². The number of aryl methyl sites for hydroxylation is 1. The second-order valence-electron chi connectivity index (χ2n) is 6.07. The summed E-state index contributed by atoms with van der Waals surface area (Å²) in [6.07, 6.45) is 3.42. The number of ether oxygens (including phenoxy) is 1. The molecule has 0 aliphatic heterocycles. The first kappa shape index (κ1) is 15.7. The van der Waals surface area contributed by atoms with Crippen molar-refractivity contribution in [2.45, 2.75) is 57.5 Å². The van der Waals surface area contributed by atoms with Crippen LogP contribution < -0.4 is 4.74 Å². The Kier molecular flexibility index (Phi) is 5.34. The van der Waals surface area contributed by atoms with Crippen molar-refractivity contribution < 1.29 is 4.74 Å². The van der Waals surface area contributed by atoms with Gasteiger partial charge < -0.3 is 4.74 Å². The fraction of sp³-hybridized carbons (Fsp3) is 0.647. The van der Waals surface area contributed by atoms with E-state index in [-0.39, 0.29) is 5.38 Å². The van der Waals surface area contributed by atoms with E-state index < -0.39 is 0 Å². The molecule has 0 amide bonds. The molecule has 2 atom stereocenters. The number of halogens is 1. The van der Waals surface area contributed by atoms with E-state index in [4.69, 9.17) is 16.3 Å². The zero-order chi connectivity index (χ0) is 14.7. The number of nitrogens with zero attached hydrogens (tertiary/aromatic N) is 1. The maximum Gasteiger partial charge on any atom is 0.122 e. The molecule has 1 aromatic rings. The average molecular weight is 296 g/mol. The average Bonchev–Trinajstić information content (AvgIpc) is 2.43. The van der Waals surface area contributed by atoms with Crippen LogP contribution in [0.4, 0.5) is 0 Å². The third-order valence-electron chi connectivity index (χ3n) is 4.23. The van der Waals surface area contributed by atoms with Crippen molar-refractivity contribution in [1.29, 1.82) is 0 Å². The summed E-state index contributed by atoms with van der Waals surface area (Å²) >= 11 is 6.23. The van der Waals surface area contributed by atoms with E-state index in [2.05, 4.69) is 43.9 Å². The van der Waals surface area contributed by atoms with Gasteiger partial charge in [-0.25, -0.2) is 0 Å². The Bertz CT molecular complexity index is 430. The van der Waals surface area contributed by atoms with E-state index in [1.54, 1.807) is 7.11 Å². The quantitative estimate of drug-likeness (QED) is 0.764. The lowest BCUT2D eigenvalue weighted by molar-refractivity contribution is 0.140. The highest BCUT2D eigenvalue weighted by atomic mass is 35.5. The van der Waals surface area contributed by atoms with Gasteiger partial charge in [-0.2, -0.15) is 0 Å². The summed E-state index contributed by atoms with van der Waals surface area (Å²) in [5, 5.41) is 0.191. The molecule has 1 aliphatic carbocycles. The van der Waals surface area contributed by atoms with Gasteiger partial charge in [0.15, 0.2) is 0 Å². The third-order valence-corrected chi connectivity index (χ3v) is 4.37. The van der Waals surface area contributed by atoms with Crippen LogP contribution in [0.5, 0.6) is 5.75 Å². The fourth-order valence-corrected chi connectivity index (χ4v) is 3.44. The first-order valence-electron chi connectivity index (χ1n) is 7.57. The molecule has 0 N–H and O–H groups in total. The lowest BCUT2D eigenvalue weighted by Gasteiger charge is -2.39. The van der Waals surface area contributed by atoms with Gasteiger partial charge in [0.25, 0.3) is 0 Å². The second kappa shape index (κ2) is 6.82. The summed E-state index contributed by atoms with van der Waals surface area (Å²) in [4.78, 5) is 2.55. The smallest absolute Gasteiger partial charge is 0.122 e. The molecule has 1 aliphatic rings. The van der Waals surface area contributed by atoms with E-state index in [1.807, 2.05) is 0 Å². The Hall–Kier alpha value is -0.730. The van der Waals surface area contributed by atoms with Gasteiger partial charge in [-0.15, -0.1) is 11.6 Å². The van der Waals surface area contributed by atoms with Crippen LogP contribution in [0.15, 0.2) is 18.2 Å². The van der Waals surface area contributed by atoms with Crippen molar-refractivity contribution in [1.82, 2.24) is 4.90 Å². The Morgan fingerprint density at radius 3 is 2.70 bits per heavy atom. The summed E-state index contributed by atoms with van der Waals surface area (Å²) in [5.74, 6) is 1.04. The Morgan fingerprint density at radius 1 is 1.35 bits per heavy atom. The lowest BCUT2D eigenvalue weighted by atomic mass is 9.86. The van der Waals surface area contributed by atoms with Crippen molar-refractivity contribution in [2.75, 3.05) is 13.7 Å². The molecule has 2 rings (SSSR count). The zero-order valence-corrected chi connectivity index (χ0v) is 13.8. The number of hydrogen-bond donors (Lipinski definition) is 0. The van der Waals surface area contributed by atoms with Gasteiger partial charge in [-0.05, 0) is 57.2 Å². The third kappa shape index (κ3) is 3.48. The van der Waals surface area contributed by atoms with Crippen molar-refractivity contribution in [2.24, 2.45) is 0 Å². The Balaban J connectivity index is 2.20. The minimum atomic E-state index is 0.191. The molecule has 0 aromatic heterocycles. The van der Waals surface area contributed by atoms with Crippen LogP contribution in [-0.2, 0) is 12.8 Å². The number of benzene rings is 1. The molecular weight excluding hydrogens is 270 g/mol. The lowest BCUT2D eigenvalue weighted by Crippen LogP contribution is -2.46. The van der Waals surface area contributed by atoms with Crippen LogP contribution in [0, 0.1) is 0 Å². The first-order chi connectivity index (χ1) is 9.52. The second-order valence-corrected chi connectivity index (χ2v) is 6.81. The van der Waals surface area contributed by atoms with Gasteiger partial charge >= 0.3 is 0 Å². The van der Waals surface area contributed by atoms with E-state index in [9.17, 15) is 0 Å². The van der Waals surface area contributed by atoms with Gasteiger partial charge in [0.05, 0.1) is 7.11 Å². The molecule has 3 heteroatoms. The van der Waals surface area contributed by atoms with Crippen LogP contribution in [0.25, 0.3) is 0 Å². The SMILES string of the molecule is COc1cccc2c1C[C@@H](N(C[C@H](C)Cl)C(C)C)CC2. The van der Waals surface area contributed by atoms with Crippen molar-refractivity contribution in [3.63, 3.8) is 0 Å². The zero-order valence-electron chi connectivity index (χ0n) is 13.0. The minimum Gasteiger partial charge on any atom is -0.496 e. The van der Waals surface area contributed by atoms with Gasteiger partial charge in [0, 0.05) is 24.0 Å². The maximum atomic E-state index is 6.23. The highest BCUT2D eigenvalue weighted by Gasteiger charge is 2.28. The molecule has 0 fully saturated rings. The standard InChI is InChI=1S/C17H26ClNO/c1-12(2)19(11-13(3)18)15-9-8-14-6-5-7-17(20-4)16(14)10-15/h5-7,12-13,15H,8-11H2,1-4H3/t13-,15-/m0/s1. The van der Waals surface area contributed by atoms with Gasteiger partial charge in [0.2, 0.25) is 0 Å². The van der Waals surface area contributed by atoms with Crippen molar-refractivity contribution in [3.8, 4) is 5.75 Å². The normalized spacial score (nSPS) is 20.1. The highest BCUT2D eigenvalue weighted by Crippen LogP contribution is 2.32. The van der Waals surface area contributed by atoms with Crippen LogP contribution in [0.2, 0.25) is 0 Å². The van der Waals surface area contributed by atoms with E-state index in [1.165, 1.54) is 17.5 Å². The molecule has 0 saturated carbocycles. The molecule has 1 aromatic carbocycles. The summed E-state index contributed by atoms with van der Waals surface area (Å²) in [6, 6.07) is 7.50. The summed E-state index contributed by atoms with van der Waals surface area (Å²) < 4.78 is 5.54. The van der Waals surface area contributed by atoms with E-state index >= 15 is 0 Å². The summed E-state index contributed by atoms with van der Waals surface area (Å²) in [7, 11) is 1.76. The number of rotatable bonds is 5. The Morgan fingerprint density at radius 2 is 2.10 bits per heavy atom. The molecule has 0 radical (unpaired) electrons. The molecule has 20 heavy (non-hydrogen) atoms. The van der Waals surface area contributed by atoms with Crippen LogP contribution in [-0.4, -0.2) is 36.0 Å². The fourth-order valence-electron chi connectivity index (χ4n) is 3.28. The molecular formula is C17H26ClNO.